The average Bonchev–Trinajstić information content (AvgIpc) is 2.58. The van der Waals surface area contributed by atoms with Crippen molar-refractivity contribution in [1.82, 2.24) is 4.90 Å². The summed E-state index contributed by atoms with van der Waals surface area (Å²) in [5, 5.41) is 0. The van der Waals surface area contributed by atoms with Crippen molar-refractivity contribution in [2.75, 3.05) is 20.2 Å². The molecule has 1 heterocycles. The summed E-state index contributed by atoms with van der Waals surface area (Å²) in [4.78, 5) is 8.60. The van der Waals surface area contributed by atoms with Crippen LogP contribution in [0.15, 0.2) is 0 Å². The number of rotatable bonds is 3. The van der Waals surface area contributed by atoms with E-state index < -0.39 is 18.4 Å². The van der Waals surface area contributed by atoms with Crippen LogP contribution in [0.4, 0.5) is 31.1 Å². The minimum absolute atomic E-state index is 0.00799. The number of piperidine rings is 1. The van der Waals surface area contributed by atoms with Crippen LogP contribution < -0.4 is 0 Å². The second-order valence-electron chi connectivity index (χ2n) is 6.90. The summed E-state index contributed by atoms with van der Waals surface area (Å²) in [6.07, 6.45) is 0.505. The van der Waals surface area contributed by atoms with Gasteiger partial charge in [-0.25, -0.2) is 9.69 Å². The largest absolute Gasteiger partial charge is 0.483 e. The molecule has 1 aliphatic carbocycles. The minimum atomic E-state index is -4.41. The lowest BCUT2D eigenvalue weighted by molar-refractivity contribution is -0.384. The topological polar surface area (TPSA) is 29.5 Å². The molecule has 0 radical (unpaired) electrons. The highest BCUT2D eigenvalue weighted by Gasteiger charge is 2.61. The SMILES string of the molecule is CC1CCC(C)CC1.COC(F)(F)C(F)(F)N1CCCCC1.O=C(F)F. The maximum atomic E-state index is 13.1. The third kappa shape index (κ3) is 9.21. The first-order valence-electron chi connectivity index (χ1n) is 8.84. The number of halogens is 6. The van der Waals surface area contributed by atoms with Crippen LogP contribution in [-0.4, -0.2) is 43.5 Å². The summed E-state index contributed by atoms with van der Waals surface area (Å²) >= 11 is 0. The van der Waals surface area contributed by atoms with Crippen molar-refractivity contribution in [3.8, 4) is 0 Å². The first-order valence-corrected chi connectivity index (χ1v) is 8.84. The zero-order chi connectivity index (χ0) is 20.4. The Labute approximate surface area is 151 Å². The van der Waals surface area contributed by atoms with E-state index in [1.807, 2.05) is 0 Å². The lowest BCUT2D eigenvalue weighted by Gasteiger charge is -2.36. The Hall–Kier alpha value is -0.830. The lowest BCUT2D eigenvalue weighted by atomic mass is 9.84. The molecule has 1 aliphatic heterocycles. The van der Waals surface area contributed by atoms with E-state index in [1.54, 1.807) is 0 Å². The van der Waals surface area contributed by atoms with E-state index in [0.717, 1.165) is 18.3 Å². The zero-order valence-corrected chi connectivity index (χ0v) is 15.6. The number of methoxy groups -OCH3 is 1. The Morgan fingerprint density at radius 3 is 1.54 bits per heavy atom. The van der Waals surface area contributed by atoms with Gasteiger partial charge in [-0.15, -0.1) is 8.78 Å². The number of ether oxygens (including phenoxy) is 1. The number of hydrogen-bond acceptors (Lipinski definition) is 3. The number of hydrogen-bond donors (Lipinski definition) is 0. The molecule has 2 aliphatic rings. The molecular weight excluding hydrogens is 364 g/mol. The van der Waals surface area contributed by atoms with E-state index in [1.165, 1.54) is 25.7 Å². The highest BCUT2D eigenvalue weighted by atomic mass is 19.3. The number of alkyl halides is 4. The third-order valence-corrected chi connectivity index (χ3v) is 4.66. The van der Waals surface area contributed by atoms with Gasteiger partial charge in [0.05, 0.1) is 0 Å². The maximum absolute atomic E-state index is 13.1. The zero-order valence-electron chi connectivity index (χ0n) is 15.6. The third-order valence-electron chi connectivity index (χ3n) is 4.66. The molecule has 0 aromatic carbocycles. The van der Waals surface area contributed by atoms with Gasteiger partial charge in [0.2, 0.25) is 0 Å². The molecule has 0 unspecified atom stereocenters. The molecule has 3 nitrogen and oxygen atoms in total. The Morgan fingerprint density at radius 2 is 1.23 bits per heavy atom. The van der Waals surface area contributed by atoms with Gasteiger partial charge in [-0.05, 0) is 24.7 Å². The fourth-order valence-corrected chi connectivity index (χ4v) is 2.91. The summed E-state index contributed by atoms with van der Waals surface area (Å²) in [5.41, 5.74) is 0. The van der Waals surface area contributed by atoms with Crippen LogP contribution in [0.3, 0.4) is 0 Å². The van der Waals surface area contributed by atoms with E-state index >= 15 is 0 Å². The molecule has 0 atom stereocenters. The molecule has 1 saturated heterocycles. The van der Waals surface area contributed by atoms with Crippen molar-refractivity contribution >= 4 is 6.29 Å². The van der Waals surface area contributed by atoms with E-state index in [0.29, 0.717) is 24.9 Å². The molecule has 1 saturated carbocycles. The molecule has 156 valence electrons. The second-order valence-corrected chi connectivity index (χ2v) is 6.90. The highest BCUT2D eigenvalue weighted by Crippen LogP contribution is 2.38. The van der Waals surface area contributed by atoms with Crippen molar-refractivity contribution in [2.45, 2.75) is 70.9 Å². The van der Waals surface area contributed by atoms with Crippen LogP contribution in [0, 0.1) is 11.8 Å². The maximum Gasteiger partial charge on any atom is 0.483 e. The van der Waals surface area contributed by atoms with Crippen molar-refractivity contribution in [1.29, 1.82) is 0 Å². The van der Waals surface area contributed by atoms with Gasteiger partial charge >= 0.3 is 18.4 Å². The quantitative estimate of drug-likeness (QED) is 0.326. The van der Waals surface area contributed by atoms with Crippen LogP contribution in [-0.2, 0) is 4.74 Å². The second kappa shape index (κ2) is 11.8. The molecule has 9 heteroatoms. The van der Waals surface area contributed by atoms with Gasteiger partial charge in [0.1, 0.15) is 0 Å². The summed E-state index contributed by atoms with van der Waals surface area (Å²) < 4.78 is 74.6. The molecule has 0 spiro atoms. The molecule has 2 rings (SSSR count). The van der Waals surface area contributed by atoms with Crippen LogP contribution in [0.25, 0.3) is 0 Å². The van der Waals surface area contributed by atoms with Crippen molar-refractivity contribution in [2.24, 2.45) is 11.8 Å². The predicted octanol–water partition coefficient (Wildman–Crippen LogP) is 6.18. The molecule has 2 fully saturated rings. The standard InChI is InChI=1S/C8H13F4NO.C8H16.CF2O/c1-14-8(11,12)7(9,10)13-5-3-2-4-6-13;1-7-3-5-8(2)6-4-7;2-1(3)4/h2-6H2,1H3;7-8H,3-6H2,1-2H3;. The Kier molecular flexibility index (Phi) is 11.4. The minimum Gasteiger partial charge on any atom is -0.318 e. The van der Waals surface area contributed by atoms with Crippen LogP contribution in [0.2, 0.25) is 0 Å². The van der Waals surface area contributed by atoms with Crippen LogP contribution in [0.5, 0.6) is 0 Å². The van der Waals surface area contributed by atoms with E-state index in [2.05, 4.69) is 18.6 Å². The van der Waals surface area contributed by atoms with Crippen LogP contribution in [0.1, 0.15) is 58.8 Å². The van der Waals surface area contributed by atoms with Crippen molar-refractivity contribution in [3.63, 3.8) is 0 Å². The number of nitrogens with zero attached hydrogens (tertiary/aromatic N) is 1. The van der Waals surface area contributed by atoms with E-state index in [4.69, 9.17) is 4.79 Å². The molecule has 26 heavy (non-hydrogen) atoms. The van der Waals surface area contributed by atoms with E-state index in [9.17, 15) is 26.3 Å². The number of carbonyl (C=O) groups excluding carboxylic acids is 1. The molecule has 0 aromatic heterocycles. The molecule has 0 aromatic rings. The summed E-state index contributed by atoms with van der Waals surface area (Å²) in [5.74, 6) is 2.04. The van der Waals surface area contributed by atoms with Gasteiger partial charge < -0.3 is 4.74 Å². The Bertz CT molecular complexity index is 381. The fourth-order valence-electron chi connectivity index (χ4n) is 2.91. The number of likely N-dealkylation sites (tertiary alicyclic amines) is 1. The van der Waals surface area contributed by atoms with Gasteiger partial charge in [0.25, 0.3) is 0 Å². The number of carbonyl (C=O) groups is 1. The lowest BCUT2D eigenvalue weighted by Crippen LogP contribution is -2.56. The molecule has 0 bridgehead atoms. The summed E-state index contributed by atoms with van der Waals surface area (Å²) in [7, 11) is 0.581. The monoisotopic (exact) mass is 393 g/mol. The van der Waals surface area contributed by atoms with Gasteiger partial charge in [0, 0.05) is 20.2 Å². The Balaban J connectivity index is 0.000000437. The van der Waals surface area contributed by atoms with Crippen LogP contribution >= 0.6 is 0 Å². The molecule has 0 N–H and O–H groups in total. The van der Waals surface area contributed by atoms with Gasteiger partial charge in [0.15, 0.2) is 0 Å². The van der Waals surface area contributed by atoms with E-state index in [-0.39, 0.29) is 13.1 Å². The average molecular weight is 393 g/mol. The normalized spacial score (nSPS) is 24.7. The summed E-state index contributed by atoms with van der Waals surface area (Å²) in [6, 6.07) is -4.21. The molecular formula is C17H29F6NO2. The van der Waals surface area contributed by atoms with Crippen molar-refractivity contribution < 1.29 is 35.9 Å². The predicted molar refractivity (Wildman–Crippen MR) is 86.7 cm³/mol. The molecule has 0 amide bonds. The van der Waals surface area contributed by atoms with Gasteiger partial charge in [-0.3, -0.25) is 0 Å². The van der Waals surface area contributed by atoms with Gasteiger partial charge in [-0.2, -0.15) is 17.6 Å². The first kappa shape index (κ1) is 25.2. The smallest absolute Gasteiger partial charge is 0.318 e. The fraction of sp³-hybridized carbons (Fsp3) is 0.941. The highest BCUT2D eigenvalue weighted by molar-refractivity contribution is 5.55. The Morgan fingerprint density at radius 1 is 0.885 bits per heavy atom. The van der Waals surface area contributed by atoms with Crippen molar-refractivity contribution in [3.05, 3.63) is 0 Å². The summed E-state index contributed by atoms with van der Waals surface area (Å²) in [6.45, 7) is 4.72. The van der Waals surface area contributed by atoms with Gasteiger partial charge in [-0.1, -0.05) is 46.0 Å². The first-order chi connectivity index (χ1) is 11.9.